The van der Waals surface area contributed by atoms with Crippen LogP contribution in [0.25, 0.3) is 99.6 Å². The van der Waals surface area contributed by atoms with Gasteiger partial charge in [0, 0.05) is 49.0 Å². The summed E-state index contributed by atoms with van der Waals surface area (Å²) in [6.07, 6.45) is 0. The van der Waals surface area contributed by atoms with Gasteiger partial charge in [-0.2, -0.15) is 0 Å². The first-order chi connectivity index (χ1) is 24.8. The minimum absolute atomic E-state index is 0.644. The summed E-state index contributed by atoms with van der Waals surface area (Å²) in [7, 11) is 0. The van der Waals surface area contributed by atoms with Crippen molar-refractivity contribution in [1.29, 1.82) is 0 Å². The predicted molar refractivity (Wildman–Crippen MR) is 206 cm³/mol. The molecule has 232 valence electrons. The summed E-state index contributed by atoms with van der Waals surface area (Å²) in [5.74, 6) is 1.94. The Kier molecular flexibility index (Phi) is 5.60. The second-order valence-electron chi connectivity index (χ2n) is 12.8. The maximum atomic E-state index is 5.20. The van der Waals surface area contributed by atoms with Crippen LogP contribution < -0.4 is 0 Å². The van der Waals surface area contributed by atoms with Crippen LogP contribution in [0.15, 0.2) is 164 Å². The fraction of sp³-hybridized carbons (Fsp3) is 0. The topological polar surface area (TPSA) is 47.5 Å². The van der Waals surface area contributed by atoms with Crippen LogP contribution in [0.5, 0.6) is 0 Å². The summed E-state index contributed by atoms with van der Waals surface area (Å²) in [5.41, 5.74) is 9.78. The van der Waals surface area contributed by atoms with E-state index in [1.807, 2.05) is 36.4 Å². The quantitative estimate of drug-likeness (QED) is 0.194. The largest absolute Gasteiger partial charge is 0.307 e. The van der Waals surface area contributed by atoms with Gasteiger partial charge in [-0.05, 0) is 30.3 Å². The van der Waals surface area contributed by atoms with E-state index in [1.165, 1.54) is 32.6 Å². The van der Waals surface area contributed by atoms with Crippen molar-refractivity contribution in [2.45, 2.75) is 0 Å². The number of aromatic nitrogens is 5. The van der Waals surface area contributed by atoms with Crippen molar-refractivity contribution in [2.75, 3.05) is 0 Å². The molecule has 4 heterocycles. The van der Waals surface area contributed by atoms with Crippen molar-refractivity contribution in [1.82, 2.24) is 23.8 Å². The first-order valence-electron chi connectivity index (χ1n) is 16.9. The fourth-order valence-electron chi connectivity index (χ4n) is 8.01. The molecule has 5 nitrogen and oxygen atoms in total. The lowest BCUT2D eigenvalue weighted by Crippen LogP contribution is -2.01. The maximum absolute atomic E-state index is 5.20. The van der Waals surface area contributed by atoms with Gasteiger partial charge in [0.25, 0.3) is 0 Å². The average Bonchev–Trinajstić information content (AvgIpc) is 3.71. The Morgan fingerprint density at radius 2 is 0.740 bits per heavy atom. The summed E-state index contributed by atoms with van der Waals surface area (Å²) in [6.45, 7) is 0. The third kappa shape index (κ3) is 3.74. The minimum Gasteiger partial charge on any atom is -0.307 e. The molecule has 0 N–H and O–H groups in total. The zero-order valence-corrected chi connectivity index (χ0v) is 26.8. The van der Waals surface area contributed by atoms with Crippen molar-refractivity contribution in [3.63, 3.8) is 0 Å². The minimum atomic E-state index is 0.644. The van der Waals surface area contributed by atoms with Gasteiger partial charge in [0.15, 0.2) is 17.5 Å². The molecule has 5 heteroatoms. The Morgan fingerprint density at radius 1 is 0.300 bits per heavy atom. The zero-order valence-electron chi connectivity index (χ0n) is 26.8. The zero-order chi connectivity index (χ0) is 32.8. The molecule has 0 unspecified atom stereocenters. The highest BCUT2D eigenvalue weighted by atomic mass is 15.0. The van der Waals surface area contributed by atoms with Crippen LogP contribution in [-0.2, 0) is 0 Å². The van der Waals surface area contributed by atoms with E-state index in [2.05, 4.69) is 136 Å². The van der Waals surface area contributed by atoms with Crippen LogP contribution in [-0.4, -0.2) is 23.8 Å². The van der Waals surface area contributed by atoms with Gasteiger partial charge in [-0.15, -0.1) is 0 Å². The Labute approximate surface area is 286 Å². The van der Waals surface area contributed by atoms with Gasteiger partial charge in [0.1, 0.15) is 0 Å². The van der Waals surface area contributed by atoms with Crippen LogP contribution in [0.4, 0.5) is 0 Å². The van der Waals surface area contributed by atoms with Gasteiger partial charge in [-0.1, -0.05) is 133 Å². The molecule has 0 spiro atoms. The van der Waals surface area contributed by atoms with Gasteiger partial charge in [-0.25, -0.2) is 15.0 Å². The van der Waals surface area contributed by atoms with Crippen molar-refractivity contribution < 1.29 is 0 Å². The molecule has 0 radical (unpaired) electrons. The highest BCUT2D eigenvalue weighted by Crippen LogP contribution is 2.43. The van der Waals surface area contributed by atoms with Gasteiger partial charge in [0.2, 0.25) is 0 Å². The predicted octanol–water partition coefficient (Wildman–Crippen LogP) is 11.1. The average molecular weight is 638 g/mol. The summed E-state index contributed by atoms with van der Waals surface area (Å²) < 4.78 is 4.92. The van der Waals surface area contributed by atoms with Crippen molar-refractivity contribution in [3.05, 3.63) is 164 Å². The van der Waals surface area contributed by atoms with Crippen LogP contribution in [0.3, 0.4) is 0 Å². The molecule has 0 atom stereocenters. The first-order valence-corrected chi connectivity index (χ1v) is 16.9. The Hall–Kier alpha value is -6.85. The SMILES string of the molecule is c1ccc(-c2nc(-c3ccccc3)nc(-c3ccc4c5c3c3ccccc3n5c3ccccc3c3cccc5c6ccccc6n4c53)n2)cc1. The molecule has 0 aliphatic heterocycles. The molecule has 0 amide bonds. The van der Waals surface area contributed by atoms with E-state index in [-0.39, 0.29) is 0 Å². The molecule has 11 aromatic rings. The molecule has 0 saturated carbocycles. The van der Waals surface area contributed by atoms with Crippen molar-refractivity contribution in [2.24, 2.45) is 0 Å². The van der Waals surface area contributed by atoms with Crippen molar-refractivity contribution >= 4 is 65.4 Å². The summed E-state index contributed by atoms with van der Waals surface area (Å²) in [6, 6.07) is 57.8. The molecular weight excluding hydrogens is 611 g/mol. The van der Waals surface area contributed by atoms with E-state index in [1.54, 1.807) is 0 Å². The second kappa shape index (κ2) is 10.3. The van der Waals surface area contributed by atoms with Crippen LogP contribution in [0.1, 0.15) is 0 Å². The number of rotatable bonds is 3. The highest BCUT2D eigenvalue weighted by Gasteiger charge is 2.23. The lowest BCUT2D eigenvalue weighted by Gasteiger charge is -2.13. The molecule has 0 bridgehead atoms. The first kappa shape index (κ1) is 27.1. The molecule has 7 aromatic carbocycles. The van der Waals surface area contributed by atoms with E-state index in [0.717, 1.165) is 49.5 Å². The molecular formula is C45H27N5. The van der Waals surface area contributed by atoms with Gasteiger partial charge >= 0.3 is 0 Å². The standard InChI is InChI=1S/C45H27N5/c1-3-14-28(15-4-1)43-46-44(29-16-5-2-6-17-29)48-45(47-43)35-26-27-39-42-40(35)34-20-9-12-25-38(34)49(42)36-23-10-7-18-30(36)32-21-13-22-33-31-19-8-11-24-37(31)50(39)41(32)33/h1-27H. The summed E-state index contributed by atoms with van der Waals surface area (Å²) in [4.78, 5) is 15.4. The van der Waals surface area contributed by atoms with Crippen LogP contribution >= 0.6 is 0 Å². The van der Waals surface area contributed by atoms with Gasteiger partial charge in [-0.3, -0.25) is 0 Å². The highest BCUT2D eigenvalue weighted by molar-refractivity contribution is 6.25. The second-order valence-corrected chi connectivity index (χ2v) is 12.8. The molecule has 11 rings (SSSR count). The summed E-state index contributed by atoms with van der Waals surface area (Å²) >= 11 is 0. The molecule has 0 saturated heterocycles. The third-order valence-electron chi connectivity index (χ3n) is 10.1. The fourth-order valence-corrected chi connectivity index (χ4v) is 8.01. The number of para-hydroxylation sites is 4. The number of hydrogen-bond acceptors (Lipinski definition) is 3. The molecule has 50 heavy (non-hydrogen) atoms. The van der Waals surface area contributed by atoms with Crippen molar-refractivity contribution in [3.8, 4) is 34.2 Å². The maximum Gasteiger partial charge on any atom is 0.164 e. The number of fused-ring (bicyclic) bond motifs is 10. The molecule has 4 aromatic heterocycles. The van der Waals surface area contributed by atoms with E-state index in [4.69, 9.17) is 15.0 Å². The van der Waals surface area contributed by atoms with E-state index < -0.39 is 0 Å². The molecule has 0 aliphatic carbocycles. The van der Waals surface area contributed by atoms with Gasteiger partial charge < -0.3 is 8.80 Å². The lowest BCUT2D eigenvalue weighted by atomic mass is 10.0. The van der Waals surface area contributed by atoms with E-state index in [0.29, 0.717) is 17.5 Å². The number of hydrogen-bond donors (Lipinski definition) is 0. The van der Waals surface area contributed by atoms with Gasteiger partial charge in [0.05, 0.1) is 33.1 Å². The third-order valence-corrected chi connectivity index (χ3v) is 10.1. The molecule has 0 aliphatic rings. The van der Waals surface area contributed by atoms with E-state index in [9.17, 15) is 0 Å². The van der Waals surface area contributed by atoms with Crippen LogP contribution in [0.2, 0.25) is 0 Å². The Morgan fingerprint density at radius 3 is 1.32 bits per heavy atom. The molecule has 0 fully saturated rings. The normalized spacial score (nSPS) is 12.0. The lowest BCUT2D eigenvalue weighted by molar-refractivity contribution is 1.08. The number of benzene rings is 7. The smallest absolute Gasteiger partial charge is 0.164 e. The number of nitrogens with zero attached hydrogens (tertiary/aromatic N) is 5. The monoisotopic (exact) mass is 637 g/mol. The Bertz CT molecular complexity index is 3080. The summed E-state index contributed by atoms with van der Waals surface area (Å²) in [5, 5.41) is 7.15. The van der Waals surface area contributed by atoms with Crippen LogP contribution in [0, 0.1) is 0 Å². The Balaban J connectivity index is 1.39. The van der Waals surface area contributed by atoms with E-state index >= 15 is 0 Å².